The van der Waals surface area contributed by atoms with Crippen molar-refractivity contribution in [3.8, 4) is 5.75 Å². The molecule has 2 saturated heterocycles. The van der Waals surface area contributed by atoms with Crippen LogP contribution in [0.5, 0.6) is 5.75 Å². The molecule has 2 aliphatic rings. The lowest BCUT2D eigenvalue weighted by atomic mass is 9.91. The van der Waals surface area contributed by atoms with Crippen molar-refractivity contribution < 1.29 is 23.4 Å². The number of nitrogens with zero attached hydrogens (tertiary/aromatic N) is 2. The summed E-state index contributed by atoms with van der Waals surface area (Å²) in [5.41, 5.74) is 1.09. The average Bonchev–Trinajstić information content (AvgIpc) is 3.33. The van der Waals surface area contributed by atoms with E-state index in [0.717, 1.165) is 24.4 Å². The first-order chi connectivity index (χ1) is 14.3. The predicted octanol–water partition coefficient (Wildman–Crippen LogP) is 2.25. The summed E-state index contributed by atoms with van der Waals surface area (Å²) in [6.45, 7) is 5.57. The molecule has 4 rings (SSSR count). The first kappa shape index (κ1) is 20.1. The van der Waals surface area contributed by atoms with Crippen LogP contribution < -0.4 is 4.74 Å². The normalized spacial score (nSPS) is 20.9. The monoisotopic (exact) mass is 400 g/mol. The van der Waals surface area contributed by atoms with Gasteiger partial charge in [-0.25, -0.2) is 0 Å². The number of hydrogen-bond donors (Lipinski definition) is 0. The van der Waals surface area contributed by atoms with E-state index < -0.39 is 0 Å². The zero-order chi connectivity index (χ0) is 20.1. The van der Waals surface area contributed by atoms with Crippen LogP contribution in [0.3, 0.4) is 0 Å². The van der Waals surface area contributed by atoms with Gasteiger partial charge in [0.15, 0.2) is 5.76 Å². The molecule has 3 heterocycles. The van der Waals surface area contributed by atoms with Gasteiger partial charge in [-0.3, -0.25) is 14.6 Å². The second-order valence-corrected chi connectivity index (χ2v) is 7.30. The molecule has 0 amide bonds. The molecule has 2 aromatic rings. The van der Waals surface area contributed by atoms with Crippen molar-refractivity contribution in [3.63, 3.8) is 0 Å². The lowest BCUT2D eigenvalue weighted by Crippen LogP contribution is -2.55. The van der Waals surface area contributed by atoms with Gasteiger partial charge in [-0.05, 0) is 29.8 Å². The molecular formula is C22H28N2O5. The van der Waals surface area contributed by atoms with Crippen molar-refractivity contribution >= 4 is 5.78 Å². The van der Waals surface area contributed by atoms with Gasteiger partial charge in [0.1, 0.15) is 5.75 Å². The third-order valence-corrected chi connectivity index (χ3v) is 5.67. The maximum atomic E-state index is 13.6. The fourth-order valence-corrected chi connectivity index (χ4v) is 4.18. The highest BCUT2D eigenvalue weighted by molar-refractivity contribution is 5.98. The molecule has 1 aromatic heterocycles. The number of carbonyl (C=O) groups excluding carboxylic acids is 1. The van der Waals surface area contributed by atoms with E-state index in [-0.39, 0.29) is 17.9 Å². The van der Waals surface area contributed by atoms with E-state index >= 15 is 0 Å². The summed E-state index contributed by atoms with van der Waals surface area (Å²) >= 11 is 0. The van der Waals surface area contributed by atoms with Crippen LogP contribution in [0.2, 0.25) is 0 Å². The van der Waals surface area contributed by atoms with Crippen molar-refractivity contribution in [3.05, 3.63) is 54.0 Å². The number of Topliss-reactive ketones (excluding diaryl/α,β-unsaturated/α-hetero) is 1. The maximum absolute atomic E-state index is 13.6. The van der Waals surface area contributed by atoms with Gasteiger partial charge in [-0.15, -0.1) is 0 Å². The highest BCUT2D eigenvalue weighted by Gasteiger charge is 2.40. The number of carbonyl (C=O) groups is 1. The fraction of sp³-hybridized carbons (Fsp3) is 0.500. The minimum atomic E-state index is -0.364. The molecule has 7 nitrogen and oxygen atoms in total. The van der Waals surface area contributed by atoms with Crippen LogP contribution in [-0.2, 0) is 9.47 Å². The Hall–Kier alpha value is -2.19. The van der Waals surface area contributed by atoms with Gasteiger partial charge in [-0.1, -0.05) is 12.1 Å². The molecule has 0 unspecified atom stereocenters. The molecule has 2 fully saturated rings. The lowest BCUT2D eigenvalue weighted by Gasteiger charge is -2.44. The van der Waals surface area contributed by atoms with E-state index in [9.17, 15) is 4.79 Å². The van der Waals surface area contributed by atoms with Gasteiger partial charge in [0.2, 0.25) is 5.78 Å². The van der Waals surface area contributed by atoms with Crippen molar-refractivity contribution in [2.24, 2.45) is 0 Å². The third-order valence-electron chi connectivity index (χ3n) is 5.67. The molecule has 0 N–H and O–H groups in total. The Morgan fingerprint density at radius 2 is 1.55 bits per heavy atom. The second-order valence-electron chi connectivity index (χ2n) is 7.30. The summed E-state index contributed by atoms with van der Waals surface area (Å²) in [6.07, 6.45) is 1.56. The van der Waals surface area contributed by atoms with E-state index in [2.05, 4.69) is 21.9 Å². The van der Waals surface area contributed by atoms with Crippen molar-refractivity contribution in [1.29, 1.82) is 0 Å². The summed E-state index contributed by atoms with van der Waals surface area (Å²) in [5, 5.41) is 0. The summed E-state index contributed by atoms with van der Waals surface area (Å²) in [6, 6.07) is 11.1. The van der Waals surface area contributed by atoms with E-state index in [1.54, 1.807) is 25.5 Å². The van der Waals surface area contributed by atoms with E-state index in [1.807, 2.05) is 12.1 Å². The summed E-state index contributed by atoms with van der Waals surface area (Å²) in [7, 11) is 1.66. The van der Waals surface area contributed by atoms with Crippen LogP contribution in [0, 0.1) is 0 Å². The van der Waals surface area contributed by atoms with E-state index in [0.29, 0.717) is 45.3 Å². The van der Waals surface area contributed by atoms with Gasteiger partial charge in [0, 0.05) is 26.2 Å². The van der Waals surface area contributed by atoms with Crippen LogP contribution in [0.15, 0.2) is 47.1 Å². The van der Waals surface area contributed by atoms with Gasteiger partial charge in [-0.2, -0.15) is 0 Å². The number of morpholine rings is 2. The summed E-state index contributed by atoms with van der Waals surface area (Å²) < 4.78 is 22.0. The zero-order valence-corrected chi connectivity index (χ0v) is 16.8. The number of methoxy groups -OCH3 is 1. The number of hydrogen-bond acceptors (Lipinski definition) is 7. The van der Waals surface area contributed by atoms with Gasteiger partial charge >= 0.3 is 0 Å². The lowest BCUT2D eigenvalue weighted by molar-refractivity contribution is -0.0307. The minimum absolute atomic E-state index is 0.00390. The molecule has 1 aromatic carbocycles. The van der Waals surface area contributed by atoms with Crippen LogP contribution in [0.25, 0.3) is 0 Å². The number of furan rings is 1. The Balaban J connectivity index is 1.74. The Morgan fingerprint density at radius 1 is 0.931 bits per heavy atom. The van der Waals surface area contributed by atoms with Crippen LogP contribution >= 0.6 is 0 Å². The number of ether oxygens (including phenoxy) is 3. The molecule has 0 spiro atoms. The maximum Gasteiger partial charge on any atom is 0.216 e. The third kappa shape index (κ3) is 4.53. The molecule has 29 heavy (non-hydrogen) atoms. The highest BCUT2D eigenvalue weighted by Crippen LogP contribution is 2.32. The Kier molecular flexibility index (Phi) is 6.61. The van der Waals surface area contributed by atoms with Crippen LogP contribution in [-0.4, -0.2) is 81.3 Å². The second kappa shape index (κ2) is 9.54. The highest BCUT2D eigenvalue weighted by atomic mass is 16.5. The van der Waals surface area contributed by atoms with Crippen LogP contribution in [0.4, 0.5) is 0 Å². The van der Waals surface area contributed by atoms with Crippen molar-refractivity contribution in [2.45, 2.75) is 12.1 Å². The molecule has 0 aliphatic carbocycles. The molecule has 0 radical (unpaired) electrons. The fourth-order valence-electron chi connectivity index (χ4n) is 4.18. The van der Waals surface area contributed by atoms with Gasteiger partial charge < -0.3 is 18.6 Å². The first-order valence-electron chi connectivity index (χ1n) is 10.1. The Bertz CT molecular complexity index is 765. The van der Waals surface area contributed by atoms with Gasteiger partial charge in [0.25, 0.3) is 0 Å². The van der Waals surface area contributed by atoms with Crippen molar-refractivity contribution in [1.82, 2.24) is 9.80 Å². The quantitative estimate of drug-likeness (QED) is 0.661. The summed E-state index contributed by atoms with van der Waals surface area (Å²) in [4.78, 5) is 18.2. The molecule has 156 valence electrons. The van der Waals surface area contributed by atoms with Crippen LogP contribution in [0.1, 0.15) is 22.2 Å². The first-order valence-corrected chi connectivity index (χ1v) is 10.1. The average molecular weight is 400 g/mol. The standard InChI is InChI=1S/C22H28N2O5/c1-26-18-6-4-17(5-7-18)20(23-8-13-27-14-9-23)21(24-10-15-28-16-11-24)22(25)19-3-2-12-29-19/h2-7,12,20-21H,8-11,13-16H2,1H3/t20-,21+/m1/s1. The number of ketones is 1. The molecule has 7 heteroatoms. The number of rotatable bonds is 7. The molecule has 0 bridgehead atoms. The van der Waals surface area contributed by atoms with E-state index in [1.165, 1.54) is 0 Å². The minimum Gasteiger partial charge on any atom is -0.497 e. The van der Waals surface area contributed by atoms with Crippen molar-refractivity contribution in [2.75, 3.05) is 59.7 Å². The predicted molar refractivity (Wildman–Crippen MR) is 107 cm³/mol. The topological polar surface area (TPSA) is 64.4 Å². The molecule has 2 atom stereocenters. The molecule has 0 saturated carbocycles. The zero-order valence-electron chi connectivity index (χ0n) is 16.8. The largest absolute Gasteiger partial charge is 0.497 e. The Morgan fingerprint density at radius 3 is 2.10 bits per heavy atom. The molecular weight excluding hydrogens is 372 g/mol. The Labute approximate surface area is 171 Å². The van der Waals surface area contributed by atoms with Gasteiger partial charge in [0.05, 0.1) is 51.9 Å². The summed E-state index contributed by atoms with van der Waals surface area (Å²) in [5.74, 6) is 1.20. The SMILES string of the molecule is COc1ccc([C@H]([C@@H](C(=O)c2ccco2)N2CCOCC2)N2CCOCC2)cc1. The number of benzene rings is 1. The van der Waals surface area contributed by atoms with E-state index in [4.69, 9.17) is 18.6 Å². The molecule has 2 aliphatic heterocycles. The smallest absolute Gasteiger partial charge is 0.216 e.